The fourth-order valence-corrected chi connectivity index (χ4v) is 4.75. The van der Waals surface area contributed by atoms with E-state index in [1.54, 1.807) is 26.0 Å². The molecule has 2 aromatic heterocycles. The van der Waals surface area contributed by atoms with Crippen molar-refractivity contribution in [1.82, 2.24) is 15.0 Å². The van der Waals surface area contributed by atoms with Crippen molar-refractivity contribution in [3.63, 3.8) is 0 Å². The molecule has 3 aromatic rings. The quantitative estimate of drug-likeness (QED) is 0.321. The Kier molecular flexibility index (Phi) is 7.29. The summed E-state index contributed by atoms with van der Waals surface area (Å²) in [5.41, 5.74) is 2.07. The molecule has 192 valence electrons. The topological polar surface area (TPSA) is 89.9 Å². The van der Waals surface area contributed by atoms with Gasteiger partial charge in [-0.05, 0) is 60.7 Å². The summed E-state index contributed by atoms with van der Waals surface area (Å²) in [7, 11) is 0. The van der Waals surface area contributed by atoms with E-state index < -0.39 is 29.5 Å². The summed E-state index contributed by atoms with van der Waals surface area (Å²) < 4.78 is 51.1. The average molecular weight is 513 g/mol. The van der Waals surface area contributed by atoms with Crippen LogP contribution in [0.2, 0.25) is 0 Å². The van der Waals surface area contributed by atoms with Crippen LogP contribution in [0.4, 0.5) is 17.6 Å². The third kappa shape index (κ3) is 5.79. The molecular weight excluding hydrogens is 490 g/mol. The second-order valence-corrected chi connectivity index (χ2v) is 9.24. The van der Waals surface area contributed by atoms with Crippen molar-refractivity contribution in [3.8, 4) is 11.4 Å². The van der Waals surface area contributed by atoms with Crippen molar-refractivity contribution >= 4 is 17.3 Å². The fraction of sp³-hybridized carbons (Fsp3) is 0.333. The first-order valence-electron chi connectivity index (χ1n) is 11.6. The lowest BCUT2D eigenvalue weighted by Gasteiger charge is -2.17. The molecule has 1 aliphatic rings. The SMILES string of the molecule is Cc1cc(-c2ncc(F)cn2)cc(C)c1C1C(=O)CC(CC(=O)CCc2ccc(C(F)(F)F)nc2)C1=O. The van der Waals surface area contributed by atoms with Gasteiger partial charge in [-0.1, -0.05) is 6.07 Å². The maximum absolute atomic E-state index is 13.2. The molecule has 0 radical (unpaired) electrons. The molecule has 0 spiro atoms. The zero-order valence-corrected chi connectivity index (χ0v) is 20.1. The second kappa shape index (κ2) is 10.3. The number of aryl methyl sites for hydroxylation is 3. The summed E-state index contributed by atoms with van der Waals surface area (Å²) in [6, 6.07) is 5.62. The van der Waals surface area contributed by atoms with Crippen LogP contribution in [0.25, 0.3) is 11.4 Å². The predicted molar refractivity (Wildman–Crippen MR) is 125 cm³/mol. The van der Waals surface area contributed by atoms with Gasteiger partial charge in [0.15, 0.2) is 17.4 Å². The molecule has 1 aromatic carbocycles. The van der Waals surface area contributed by atoms with Gasteiger partial charge in [0.1, 0.15) is 23.2 Å². The van der Waals surface area contributed by atoms with Gasteiger partial charge < -0.3 is 0 Å². The molecule has 0 aliphatic heterocycles. The smallest absolute Gasteiger partial charge is 0.300 e. The van der Waals surface area contributed by atoms with Gasteiger partial charge in [0.2, 0.25) is 0 Å². The van der Waals surface area contributed by atoms with Gasteiger partial charge in [0, 0.05) is 36.9 Å². The van der Waals surface area contributed by atoms with Crippen LogP contribution in [0.3, 0.4) is 0 Å². The first-order valence-corrected chi connectivity index (χ1v) is 11.6. The number of carbonyl (C=O) groups excluding carboxylic acids is 3. The van der Waals surface area contributed by atoms with E-state index in [0.717, 1.165) is 24.7 Å². The number of benzene rings is 1. The highest BCUT2D eigenvalue weighted by atomic mass is 19.4. The molecule has 10 heteroatoms. The molecule has 6 nitrogen and oxygen atoms in total. The number of halogens is 4. The van der Waals surface area contributed by atoms with E-state index in [2.05, 4.69) is 15.0 Å². The van der Waals surface area contributed by atoms with Crippen molar-refractivity contribution in [3.05, 3.63) is 76.6 Å². The van der Waals surface area contributed by atoms with E-state index in [-0.39, 0.29) is 43.0 Å². The Bertz CT molecular complexity index is 1330. The first kappa shape index (κ1) is 26.2. The Balaban J connectivity index is 1.43. The Labute approximate surface area is 210 Å². The van der Waals surface area contributed by atoms with Crippen LogP contribution in [0, 0.1) is 25.6 Å². The zero-order valence-electron chi connectivity index (χ0n) is 20.1. The van der Waals surface area contributed by atoms with Crippen LogP contribution in [0.5, 0.6) is 0 Å². The molecular formula is C27H23F4N3O3. The largest absolute Gasteiger partial charge is 0.433 e. The van der Waals surface area contributed by atoms with Crippen LogP contribution in [-0.2, 0) is 27.0 Å². The highest BCUT2D eigenvalue weighted by Gasteiger charge is 2.43. The molecule has 2 heterocycles. The average Bonchev–Trinajstić information content (AvgIpc) is 3.10. The Morgan fingerprint density at radius 1 is 1.00 bits per heavy atom. The van der Waals surface area contributed by atoms with E-state index in [1.165, 1.54) is 6.07 Å². The fourth-order valence-electron chi connectivity index (χ4n) is 4.75. The Morgan fingerprint density at radius 2 is 1.65 bits per heavy atom. The minimum absolute atomic E-state index is 0.0279. The summed E-state index contributed by atoms with van der Waals surface area (Å²) in [6.45, 7) is 3.54. The van der Waals surface area contributed by atoms with Crippen LogP contribution in [-0.4, -0.2) is 32.3 Å². The van der Waals surface area contributed by atoms with Crippen molar-refractivity contribution in [1.29, 1.82) is 0 Å². The highest BCUT2D eigenvalue weighted by Crippen LogP contribution is 2.38. The van der Waals surface area contributed by atoms with Crippen molar-refractivity contribution in [2.75, 3.05) is 0 Å². The molecule has 0 saturated heterocycles. The highest BCUT2D eigenvalue weighted by molar-refractivity contribution is 6.15. The number of alkyl halides is 3. The van der Waals surface area contributed by atoms with E-state index in [4.69, 9.17) is 0 Å². The molecule has 1 aliphatic carbocycles. The molecule has 0 bridgehead atoms. The number of aromatic nitrogens is 3. The van der Waals surface area contributed by atoms with Gasteiger partial charge in [-0.15, -0.1) is 0 Å². The molecule has 0 N–H and O–H groups in total. The lowest BCUT2D eigenvalue weighted by molar-refractivity contribution is -0.141. The molecule has 2 atom stereocenters. The predicted octanol–water partition coefficient (Wildman–Crippen LogP) is 5.15. The third-order valence-electron chi connectivity index (χ3n) is 6.50. The molecule has 1 fully saturated rings. The number of hydrogen-bond acceptors (Lipinski definition) is 6. The minimum atomic E-state index is -4.54. The summed E-state index contributed by atoms with van der Waals surface area (Å²) in [4.78, 5) is 49.9. The number of nitrogens with zero attached hydrogens (tertiary/aromatic N) is 3. The van der Waals surface area contributed by atoms with Crippen molar-refractivity contribution in [2.45, 2.75) is 51.6 Å². The van der Waals surface area contributed by atoms with Gasteiger partial charge in [0.05, 0.1) is 12.4 Å². The van der Waals surface area contributed by atoms with Gasteiger partial charge >= 0.3 is 6.18 Å². The van der Waals surface area contributed by atoms with Crippen LogP contribution >= 0.6 is 0 Å². The molecule has 2 unspecified atom stereocenters. The lowest BCUT2D eigenvalue weighted by Crippen LogP contribution is -2.19. The second-order valence-electron chi connectivity index (χ2n) is 9.24. The van der Waals surface area contributed by atoms with Crippen molar-refractivity contribution in [2.24, 2.45) is 5.92 Å². The molecule has 4 rings (SSSR count). The van der Waals surface area contributed by atoms with E-state index in [9.17, 15) is 31.9 Å². The summed E-state index contributed by atoms with van der Waals surface area (Å²) in [5, 5.41) is 0. The van der Waals surface area contributed by atoms with E-state index >= 15 is 0 Å². The van der Waals surface area contributed by atoms with Crippen LogP contribution < -0.4 is 0 Å². The molecule has 0 amide bonds. The number of carbonyl (C=O) groups is 3. The van der Waals surface area contributed by atoms with Crippen LogP contribution in [0.1, 0.15) is 53.1 Å². The minimum Gasteiger partial charge on any atom is -0.300 e. The van der Waals surface area contributed by atoms with Gasteiger partial charge in [0.25, 0.3) is 0 Å². The number of Topliss-reactive ketones (excluding diaryl/α,β-unsaturated/α-hetero) is 3. The first-order chi connectivity index (χ1) is 17.4. The normalized spacial score (nSPS) is 17.9. The number of ketones is 3. The van der Waals surface area contributed by atoms with Crippen LogP contribution in [0.15, 0.2) is 42.9 Å². The molecule has 1 saturated carbocycles. The Morgan fingerprint density at radius 3 is 2.22 bits per heavy atom. The van der Waals surface area contributed by atoms with Gasteiger partial charge in [-0.25, -0.2) is 14.4 Å². The van der Waals surface area contributed by atoms with E-state index in [1.807, 2.05) is 0 Å². The van der Waals surface area contributed by atoms with Crippen molar-refractivity contribution < 1.29 is 31.9 Å². The monoisotopic (exact) mass is 513 g/mol. The summed E-state index contributed by atoms with van der Waals surface area (Å²) in [6.07, 6.45) is -1.27. The molecule has 37 heavy (non-hydrogen) atoms. The maximum Gasteiger partial charge on any atom is 0.433 e. The standard InChI is InChI=1S/C27H23F4N3O3/c1-14-7-18(26-33-12-19(28)13-34-26)8-15(2)23(14)24-21(36)10-17(25(24)37)9-20(35)5-3-16-4-6-22(32-11-16)27(29,30)31/h4,6-8,11-13,17,24H,3,5,9-10H2,1-2H3. The maximum atomic E-state index is 13.2. The summed E-state index contributed by atoms with van der Waals surface area (Å²) >= 11 is 0. The summed E-state index contributed by atoms with van der Waals surface area (Å²) in [5.74, 6) is -2.78. The van der Waals surface area contributed by atoms with E-state index in [0.29, 0.717) is 33.6 Å². The Hall–Kier alpha value is -3.82. The van der Waals surface area contributed by atoms with Gasteiger partial charge in [-0.3, -0.25) is 19.4 Å². The number of rotatable bonds is 7. The lowest BCUT2D eigenvalue weighted by atomic mass is 9.85. The van der Waals surface area contributed by atoms with Gasteiger partial charge in [-0.2, -0.15) is 13.2 Å². The third-order valence-corrected chi connectivity index (χ3v) is 6.50. The number of hydrogen-bond donors (Lipinski definition) is 0. The zero-order chi connectivity index (χ0) is 26.9. The number of pyridine rings is 1.